The van der Waals surface area contributed by atoms with E-state index in [0.29, 0.717) is 19.0 Å². The van der Waals surface area contributed by atoms with Gasteiger partial charge in [0.05, 0.1) is 12.3 Å². The number of aryl methyl sites for hydroxylation is 3. The third-order valence-corrected chi connectivity index (χ3v) is 7.29. The van der Waals surface area contributed by atoms with Gasteiger partial charge < -0.3 is 15.3 Å². The number of pyridine rings is 1. The average molecular weight is 428 g/mol. The summed E-state index contributed by atoms with van der Waals surface area (Å²) in [5, 5.41) is 14.7. The van der Waals surface area contributed by atoms with Crippen LogP contribution in [0, 0.1) is 12.8 Å². The van der Waals surface area contributed by atoms with Crippen LogP contribution in [-0.2, 0) is 22.4 Å². The Balaban J connectivity index is 1.35. The number of anilines is 1. The molecule has 160 valence electrons. The molecule has 0 spiro atoms. The second kappa shape index (κ2) is 9.16. The predicted molar refractivity (Wildman–Crippen MR) is 118 cm³/mol. The number of carboxylic acids is 1. The van der Waals surface area contributed by atoms with Crippen molar-refractivity contribution in [2.75, 3.05) is 25.0 Å². The normalized spacial score (nSPS) is 19.2. The van der Waals surface area contributed by atoms with Crippen LogP contribution >= 0.6 is 11.3 Å². The second-order valence-corrected chi connectivity index (χ2v) is 9.44. The quantitative estimate of drug-likeness (QED) is 0.701. The van der Waals surface area contributed by atoms with Crippen LogP contribution in [0.1, 0.15) is 53.3 Å². The first-order valence-corrected chi connectivity index (χ1v) is 11.7. The average Bonchev–Trinajstić information content (AvgIpc) is 3.39. The molecule has 2 N–H and O–H groups in total. The Morgan fingerprint density at radius 3 is 3.03 bits per heavy atom. The summed E-state index contributed by atoms with van der Waals surface area (Å²) in [6.07, 6.45) is 4.98. The summed E-state index contributed by atoms with van der Waals surface area (Å²) in [5.41, 5.74) is 3.48. The Labute approximate surface area is 181 Å². The van der Waals surface area contributed by atoms with E-state index in [9.17, 15) is 14.7 Å². The van der Waals surface area contributed by atoms with Gasteiger partial charge in [-0.1, -0.05) is 6.07 Å². The van der Waals surface area contributed by atoms with Gasteiger partial charge in [-0.15, -0.1) is 11.3 Å². The van der Waals surface area contributed by atoms with E-state index in [0.717, 1.165) is 60.6 Å². The van der Waals surface area contributed by atoms with Crippen molar-refractivity contribution in [3.63, 3.8) is 0 Å². The van der Waals surface area contributed by atoms with Crippen LogP contribution in [0.15, 0.2) is 23.6 Å². The monoisotopic (exact) mass is 427 g/mol. The molecule has 2 atom stereocenters. The Hall–Kier alpha value is -2.41. The lowest BCUT2D eigenvalue weighted by atomic mass is 9.99. The van der Waals surface area contributed by atoms with Crippen LogP contribution in [0.5, 0.6) is 0 Å². The molecular formula is C23H29N3O3S. The molecule has 4 heterocycles. The van der Waals surface area contributed by atoms with Gasteiger partial charge in [0.2, 0.25) is 5.91 Å². The Kier molecular flexibility index (Phi) is 6.37. The number of hydrogen-bond donors (Lipinski definition) is 2. The van der Waals surface area contributed by atoms with Gasteiger partial charge in [0.15, 0.2) is 0 Å². The maximum absolute atomic E-state index is 13.1. The minimum Gasteiger partial charge on any atom is -0.481 e. The highest BCUT2D eigenvalue weighted by atomic mass is 32.1. The van der Waals surface area contributed by atoms with Gasteiger partial charge in [-0.25, -0.2) is 4.98 Å². The van der Waals surface area contributed by atoms with Crippen LogP contribution in [-0.4, -0.2) is 46.5 Å². The molecule has 1 amide bonds. The minimum absolute atomic E-state index is 0.0437. The van der Waals surface area contributed by atoms with E-state index in [1.165, 1.54) is 16.9 Å². The zero-order valence-electron chi connectivity index (χ0n) is 17.4. The molecule has 7 heteroatoms. The summed E-state index contributed by atoms with van der Waals surface area (Å²) in [6, 6.07) is 6.26. The number of nitrogens with one attached hydrogen (secondary N) is 1. The van der Waals surface area contributed by atoms with E-state index in [-0.39, 0.29) is 12.3 Å². The summed E-state index contributed by atoms with van der Waals surface area (Å²) in [4.78, 5) is 32.0. The van der Waals surface area contributed by atoms with Crippen LogP contribution in [0.2, 0.25) is 0 Å². The number of aliphatic carboxylic acids is 1. The molecule has 4 rings (SSSR count). The molecule has 0 unspecified atom stereocenters. The smallest absolute Gasteiger partial charge is 0.304 e. The van der Waals surface area contributed by atoms with Crippen LogP contribution in [0.25, 0.3) is 0 Å². The van der Waals surface area contributed by atoms with Gasteiger partial charge in [0, 0.05) is 30.2 Å². The first-order valence-electron chi connectivity index (χ1n) is 10.8. The lowest BCUT2D eigenvalue weighted by Gasteiger charge is -2.22. The predicted octanol–water partition coefficient (Wildman–Crippen LogP) is 3.85. The van der Waals surface area contributed by atoms with Crippen molar-refractivity contribution >= 4 is 29.0 Å². The third kappa shape index (κ3) is 4.83. The Morgan fingerprint density at radius 1 is 1.40 bits per heavy atom. The highest BCUT2D eigenvalue weighted by Gasteiger charge is 2.33. The van der Waals surface area contributed by atoms with E-state index >= 15 is 0 Å². The van der Waals surface area contributed by atoms with Crippen molar-refractivity contribution in [1.82, 2.24) is 9.88 Å². The summed E-state index contributed by atoms with van der Waals surface area (Å²) < 4.78 is 0. The lowest BCUT2D eigenvalue weighted by molar-refractivity contribution is -0.141. The zero-order valence-corrected chi connectivity index (χ0v) is 18.2. The molecule has 0 radical (unpaired) electrons. The molecule has 2 aliphatic rings. The highest BCUT2D eigenvalue weighted by molar-refractivity contribution is 7.10. The second-order valence-electron chi connectivity index (χ2n) is 8.50. The van der Waals surface area contributed by atoms with Crippen molar-refractivity contribution in [2.45, 2.75) is 51.4 Å². The van der Waals surface area contributed by atoms with Crippen molar-refractivity contribution in [1.29, 1.82) is 0 Å². The van der Waals surface area contributed by atoms with Crippen molar-refractivity contribution in [3.8, 4) is 0 Å². The summed E-state index contributed by atoms with van der Waals surface area (Å²) in [5.74, 6) is -0.0755. The Bertz CT molecular complexity index is 926. The third-order valence-electron chi connectivity index (χ3n) is 6.13. The highest BCUT2D eigenvalue weighted by Crippen LogP contribution is 2.31. The molecule has 6 nitrogen and oxygen atoms in total. The number of carbonyl (C=O) groups is 2. The number of carbonyl (C=O) groups excluding carboxylic acids is 1. The minimum atomic E-state index is -0.928. The molecule has 1 fully saturated rings. The maximum Gasteiger partial charge on any atom is 0.304 e. The number of hydrogen-bond acceptors (Lipinski definition) is 5. The number of aromatic nitrogens is 1. The van der Waals surface area contributed by atoms with Crippen LogP contribution in [0.3, 0.4) is 0 Å². The number of likely N-dealkylation sites (tertiary alicyclic amines) is 1. The van der Waals surface area contributed by atoms with Gasteiger partial charge in [-0.05, 0) is 73.6 Å². The van der Waals surface area contributed by atoms with E-state index in [4.69, 9.17) is 4.98 Å². The number of rotatable bonds is 7. The van der Waals surface area contributed by atoms with Crippen molar-refractivity contribution in [2.24, 2.45) is 5.92 Å². The number of fused-ring (bicyclic) bond motifs is 1. The van der Waals surface area contributed by atoms with Crippen LogP contribution < -0.4 is 5.32 Å². The standard InChI is InChI=1S/C23H29N3O3S/c1-15-11-20(30-14-15)19(12-21(27)28)23(29)26-10-8-16(13-26)4-6-18-7-5-17-3-2-9-24-22(17)25-18/h5,7,11,14,16,19H,2-4,6,8-10,12-13H2,1H3,(H,24,25)(H,27,28)/t16-,19+/m1/s1. The lowest BCUT2D eigenvalue weighted by Crippen LogP contribution is -2.34. The van der Waals surface area contributed by atoms with Crippen molar-refractivity contribution < 1.29 is 14.7 Å². The fraction of sp³-hybridized carbons (Fsp3) is 0.522. The number of carboxylic acid groups (broad SMARTS) is 1. The summed E-state index contributed by atoms with van der Waals surface area (Å²) in [6.45, 7) is 4.38. The van der Waals surface area contributed by atoms with Crippen molar-refractivity contribution in [3.05, 3.63) is 45.3 Å². The van der Waals surface area contributed by atoms with Gasteiger partial charge >= 0.3 is 5.97 Å². The SMILES string of the molecule is Cc1csc([C@H](CC(=O)O)C(=O)N2CC[C@@H](CCc3ccc4c(n3)NCCC4)C2)c1. The summed E-state index contributed by atoms with van der Waals surface area (Å²) >= 11 is 1.48. The number of nitrogens with zero attached hydrogens (tertiary/aromatic N) is 2. The molecule has 0 aliphatic carbocycles. The van der Waals surface area contributed by atoms with Gasteiger partial charge in [0.25, 0.3) is 0 Å². The molecular weight excluding hydrogens is 398 g/mol. The molecule has 2 aromatic heterocycles. The van der Waals surface area contributed by atoms with E-state index in [1.807, 2.05) is 23.3 Å². The molecule has 0 aromatic carbocycles. The maximum atomic E-state index is 13.1. The molecule has 2 aromatic rings. The zero-order chi connectivity index (χ0) is 21.1. The first kappa shape index (κ1) is 20.8. The topological polar surface area (TPSA) is 82.5 Å². The van der Waals surface area contributed by atoms with Crippen LogP contribution in [0.4, 0.5) is 5.82 Å². The molecule has 2 aliphatic heterocycles. The Morgan fingerprint density at radius 2 is 2.27 bits per heavy atom. The number of thiophene rings is 1. The largest absolute Gasteiger partial charge is 0.481 e. The van der Waals surface area contributed by atoms with E-state index < -0.39 is 11.9 Å². The molecule has 0 saturated carbocycles. The molecule has 0 bridgehead atoms. The van der Waals surface area contributed by atoms with Gasteiger partial charge in [-0.3, -0.25) is 9.59 Å². The van der Waals surface area contributed by atoms with Gasteiger partial charge in [0.1, 0.15) is 5.82 Å². The van der Waals surface area contributed by atoms with Gasteiger partial charge in [-0.2, -0.15) is 0 Å². The molecule has 30 heavy (non-hydrogen) atoms. The number of amides is 1. The first-order chi connectivity index (χ1) is 14.5. The fourth-order valence-electron chi connectivity index (χ4n) is 4.47. The molecule has 1 saturated heterocycles. The fourth-order valence-corrected chi connectivity index (χ4v) is 5.46. The van der Waals surface area contributed by atoms with E-state index in [1.54, 1.807) is 0 Å². The summed E-state index contributed by atoms with van der Waals surface area (Å²) in [7, 11) is 0. The van der Waals surface area contributed by atoms with E-state index in [2.05, 4.69) is 17.4 Å².